The standard InChI is InChI=1S/C10H18NO2.HI.Zn/c1-10(2,3)13-9(12)11-7-5-4-6-8-11;;/h4H,5-8H2,1-3H3;1H;/q-1;;+2/p-1. The van der Waals surface area contributed by atoms with E-state index in [9.17, 15) is 4.79 Å². The molecule has 15 heavy (non-hydrogen) atoms. The molecule has 84 valence electrons. The van der Waals surface area contributed by atoms with Crippen LogP contribution in [0.15, 0.2) is 0 Å². The van der Waals surface area contributed by atoms with Gasteiger partial charge in [0.1, 0.15) is 5.60 Å². The Morgan fingerprint density at radius 3 is 2.20 bits per heavy atom. The molecule has 1 heterocycles. The first-order chi connectivity index (χ1) is 6.99. The fourth-order valence-electron chi connectivity index (χ4n) is 1.26. The van der Waals surface area contributed by atoms with E-state index in [1.165, 1.54) is 14.8 Å². The van der Waals surface area contributed by atoms with E-state index in [1.54, 1.807) is 4.90 Å². The van der Waals surface area contributed by atoms with Crippen LogP contribution in [0, 0.1) is 6.42 Å². The molecule has 1 aliphatic heterocycles. The van der Waals surface area contributed by atoms with E-state index in [2.05, 4.69) is 26.2 Å². The zero-order valence-electron chi connectivity index (χ0n) is 9.75. The van der Waals surface area contributed by atoms with E-state index < -0.39 is 0 Å². The van der Waals surface area contributed by atoms with Gasteiger partial charge in [-0.25, -0.2) is 4.79 Å². The van der Waals surface area contributed by atoms with Crippen molar-refractivity contribution in [2.45, 2.75) is 39.2 Å². The Labute approximate surface area is 113 Å². The van der Waals surface area contributed by atoms with Crippen molar-refractivity contribution in [1.29, 1.82) is 0 Å². The SMILES string of the molecule is CC(C)(C)OC(=O)N1CC[CH-]CC1.[Zn+][I]. The molecule has 0 aromatic carbocycles. The van der Waals surface area contributed by atoms with Crippen LogP contribution in [0.2, 0.25) is 0 Å². The predicted molar refractivity (Wildman–Crippen MR) is 65.4 cm³/mol. The summed E-state index contributed by atoms with van der Waals surface area (Å²) >= 11 is 3.62. The number of halogens is 1. The van der Waals surface area contributed by atoms with Crippen LogP contribution < -0.4 is 0 Å². The van der Waals surface area contributed by atoms with Crippen molar-refractivity contribution in [3.63, 3.8) is 0 Å². The van der Waals surface area contributed by atoms with Gasteiger partial charge in [-0.15, -0.1) is 0 Å². The minimum atomic E-state index is -0.377. The van der Waals surface area contributed by atoms with Gasteiger partial charge >= 0.3 is 40.6 Å². The van der Waals surface area contributed by atoms with Gasteiger partial charge in [-0.05, 0) is 33.9 Å². The molecule has 0 unspecified atom stereocenters. The summed E-state index contributed by atoms with van der Waals surface area (Å²) in [6, 6.07) is 0. The van der Waals surface area contributed by atoms with Gasteiger partial charge in [0.05, 0.1) is 0 Å². The summed E-state index contributed by atoms with van der Waals surface area (Å²) in [4.78, 5) is 13.3. The van der Waals surface area contributed by atoms with Crippen LogP contribution in [0.5, 0.6) is 0 Å². The van der Waals surface area contributed by atoms with Crippen molar-refractivity contribution in [2.75, 3.05) is 13.1 Å². The second-order valence-corrected chi connectivity index (χ2v) is 4.33. The summed E-state index contributed by atoms with van der Waals surface area (Å²) in [5.74, 6) is 0. The Hall–Kier alpha value is 0.623. The number of nitrogens with zero attached hydrogens (tertiary/aromatic N) is 1. The van der Waals surface area contributed by atoms with Crippen LogP contribution in [-0.2, 0) is 19.5 Å². The van der Waals surface area contributed by atoms with Gasteiger partial charge in [0, 0.05) is 0 Å². The van der Waals surface area contributed by atoms with Crippen molar-refractivity contribution < 1.29 is 24.3 Å². The van der Waals surface area contributed by atoms with Crippen molar-refractivity contribution in [3.05, 3.63) is 6.42 Å². The molecule has 0 aliphatic carbocycles. The summed E-state index contributed by atoms with van der Waals surface area (Å²) in [6.07, 6.45) is 4.00. The molecule has 0 saturated carbocycles. The molecule has 0 bridgehead atoms. The average Bonchev–Trinajstić information content (AvgIpc) is 2.20. The molecule has 1 aliphatic rings. The van der Waals surface area contributed by atoms with Gasteiger partial charge in [-0.2, -0.15) is 12.8 Å². The molecule has 0 N–H and O–H groups in total. The second-order valence-electron chi connectivity index (χ2n) is 4.33. The monoisotopic (exact) mass is 375 g/mol. The number of rotatable bonds is 0. The van der Waals surface area contributed by atoms with E-state index >= 15 is 0 Å². The molecule has 0 atom stereocenters. The molecule has 0 aromatic heterocycles. The Bertz CT molecular complexity index is 188. The van der Waals surface area contributed by atoms with Crippen molar-refractivity contribution in [3.8, 4) is 0 Å². The molecule has 1 saturated heterocycles. The number of piperidine rings is 1. The Kier molecular flexibility index (Phi) is 8.15. The summed E-state index contributed by atoms with van der Waals surface area (Å²) in [5.41, 5.74) is -0.377. The fraction of sp³-hybridized carbons (Fsp3) is 0.800. The first kappa shape index (κ1) is 15.6. The van der Waals surface area contributed by atoms with Crippen LogP contribution in [0.3, 0.4) is 0 Å². The van der Waals surface area contributed by atoms with Crippen LogP contribution >= 0.6 is 19.8 Å². The quantitative estimate of drug-likeness (QED) is 0.369. The van der Waals surface area contributed by atoms with E-state index in [1.807, 2.05) is 20.8 Å². The van der Waals surface area contributed by atoms with E-state index in [-0.39, 0.29) is 11.7 Å². The van der Waals surface area contributed by atoms with Gasteiger partial charge in [-0.1, -0.05) is 0 Å². The molecule has 1 amide bonds. The number of carbonyl (C=O) groups excluding carboxylic acids is 1. The second kappa shape index (κ2) is 7.83. The number of hydrogen-bond acceptors (Lipinski definition) is 2. The van der Waals surface area contributed by atoms with Gasteiger partial charge < -0.3 is 16.1 Å². The molecule has 1 rings (SSSR count). The Morgan fingerprint density at radius 2 is 1.80 bits per heavy atom. The number of likely N-dealkylation sites (tertiary alicyclic amines) is 1. The Morgan fingerprint density at radius 1 is 1.33 bits per heavy atom. The van der Waals surface area contributed by atoms with Crippen LogP contribution in [0.1, 0.15) is 33.6 Å². The number of hydrogen-bond donors (Lipinski definition) is 0. The van der Waals surface area contributed by atoms with Crippen molar-refractivity contribution in [1.82, 2.24) is 4.90 Å². The maximum absolute atomic E-state index is 11.5. The summed E-state index contributed by atoms with van der Waals surface area (Å²) in [6.45, 7) is 7.27. The van der Waals surface area contributed by atoms with Crippen molar-refractivity contribution in [2.24, 2.45) is 0 Å². The molecule has 3 nitrogen and oxygen atoms in total. The van der Waals surface area contributed by atoms with Crippen LogP contribution in [-0.4, -0.2) is 29.7 Å². The molecule has 0 aromatic rings. The van der Waals surface area contributed by atoms with E-state index in [0.29, 0.717) is 0 Å². The molecule has 1 fully saturated rings. The van der Waals surface area contributed by atoms with E-state index in [0.717, 1.165) is 25.9 Å². The van der Waals surface area contributed by atoms with Crippen molar-refractivity contribution >= 4 is 25.8 Å². The van der Waals surface area contributed by atoms with E-state index in [4.69, 9.17) is 4.74 Å². The molecular formula is C10H18INO2Zn. The molecular weight excluding hydrogens is 358 g/mol. The van der Waals surface area contributed by atoms with Gasteiger partial charge in [0.2, 0.25) is 0 Å². The molecule has 0 spiro atoms. The zero-order valence-corrected chi connectivity index (χ0v) is 14.9. The molecule has 5 heteroatoms. The number of carbonyl (C=O) groups is 1. The summed E-state index contributed by atoms with van der Waals surface area (Å²) < 4.78 is 5.25. The third kappa shape index (κ3) is 7.50. The fourth-order valence-corrected chi connectivity index (χ4v) is 1.26. The Balaban J connectivity index is 0.000000921. The maximum atomic E-state index is 11.5. The normalized spacial score (nSPS) is 16.5. The van der Waals surface area contributed by atoms with Gasteiger partial charge in [-0.3, -0.25) is 0 Å². The van der Waals surface area contributed by atoms with Gasteiger partial charge in [0.25, 0.3) is 0 Å². The zero-order chi connectivity index (χ0) is 11.9. The third-order valence-electron chi connectivity index (χ3n) is 1.86. The third-order valence-corrected chi connectivity index (χ3v) is 1.86. The van der Waals surface area contributed by atoms with Crippen LogP contribution in [0.25, 0.3) is 0 Å². The average molecular weight is 377 g/mol. The molecule has 0 radical (unpaired) electrons. The number of ether oxygens (including phenoxy) is 1. The number of amides is 1. The predicted octanol–water partition coefficient (Wildman–Crippen LogP) is 3.10. The summed E-state index contributed by atoms with van der Waals surface area (Å²) in [7, 11) is 0. The van der Waals surface area contributed by atoms with Crippen LogP contribution in [0.4, 0.5) is 4.79 Å². The van der Waals surface area contributed by atoms with Gasteiger partial charge in [0.15, 0.2) is 0 Å². The minimum absolute atomic E-state index is 0.180. The first-order valence-electron chi connectivity index (χ1n) is 5.05. The topological polar surface area (TPSA) is 29.5 Å². The summed E-state index contributed by atoms with van der Waals surface area (Å²) in [5, 5.41) is 0. The first-order valence-corrected chi connectivity index (χ1v) is 14.1.